The molecule has 1 atom stereocenters. The normalized spacial score (nSPS) is 11.5. The van der Waals surface area contributed by atoms with Crippen molar-refractivity contribution in [3.8, 4) is 22.3 Å². The molecule has 0 radical (unpaired) electrons. The SMILES string of the molecule is COC(CNc1cc(-c2ccc(C#Cc3cscn3)cc2)sc1C(=O)O)c1ccc(C)cc1C. The largest absolute Gasteiger partial charge is 0.477 e. The second kappa shape index (κ2) is 10.7. The minimum Gasteiger partial charge on any atom is -0.477 e. The van der Waals surface area contributed by atoms with Crippen LogP contribution in [-0.2, 0) is 4.74 Å². The van der Waals surface area contributed by atoms with E-state index < -0.39 is 5.97 Å². The maximum atomic E-state index is 11.9. The van der Waals surface area contributed by atoms with Crippen LogP contribution in [0.1, 0.15) is 43.7 Å². The van der Waals surface area contributed by atoms with Crippen molar-refractivity contribution in [2.45, 2.75) is 20.0 Å². The number of aromatic carboxylic acids is 1. The second-order valence-corrected chi connectivity index (χ2v) is 9.60. The van der Waals surface area contributed by atoms with Crippen LogP contribution < -0.4 is 5.32 Å². The predicted octanol–water partition coefficient (Wildman–Crippen LogP) is 6.39. The van der Waals surface area contributed by atoms with Crippen molar-refractivity contribution >= 4 is 34.3 Å². The summed E-state index contributed by atoms with van der Waals surface area (Å²) < 4.78 is 5.71. The smallest absolute Gasteiger partial charge is 0.348 e. The van der Waals surface area contributed by atoms with Gasteiger partial charge in [-0.25, -0.2) is 9.78 Å². The number of aryl methyl sites for hydroxylation is 2. The fraction of sp³-hybridized carbons (Fsp3) is 0.185. The number of carboxylic acid groups (broad SMARTS) is 1. The van der Waals surface area contributed by atoms with Crippen LogP contribution in [0.5, 0.6) is 0 Å². The van der Waals surface area contributed by atoms with E-state index in [9.17, 15) is 9.90 Å². The number of rotatable bonds is 7. The Bertz CT molecular complexity index is 1350. The van der Waals surface area contributed by atoms with Crippen LogP contribution in [0.15, 0.2) is 59.4 Å². The average Bonchev–Trinajstić information content (AvgIpc) is 3.50. The molecule has 0 amide bonds. The van der Waals surface area contributed by atoms with Gasteiger partial charge in [0.1, 0.15) is 10.6 Å². The first kappa shape index (κ1) is 23.7. The Balaban J connectivity index is 1.53. The molecule has 0 fully saturated rings. The Hall–Kier alpha value is -3.44. The number of carbonyl (C=O) groups is 1. The first-order valence-electron chi connectivity index (χ1n) is 10.7. The highest BCUT2D eigenvalue weighted by Crippen LogP contribution is 2.35. The molecule has 0 spiro atoms. The van der Waals surface area contributed by atoms with E-state index in [2.05, 4.69) is 54.2 Å². The molecule has 172 valence electrons. The second-order valence-electron chi connectivity index (χ2n) is 7.82. The van der Waals surface area contributed by atoms with Crippen LogP contribution in [0.4, 0.5) is 5.69 Å². The zero-order valence-electron chi connectivity index (χ0n) is 19.1. The van der Waals surface area contributed by atoms with Gasteiger partial charge in [-0.15, -0.1) is 22.7 Å². The summed E-state index contributed by atoms with van der Waals surface area (Å²) in [6, 6.07) is 15.9. The lowest BCUT2D eigenvalue weighted by Gasteiger charge is -2.19. The van der Waals surface area contributed by atoms with E-state index in [1.807, 2.05) is 35.7 Å². The number of hydrogen-bond donors (Lipinski definition) is 2. The number of aromatic nitrogens is 1. The summed E-state index contributed by atoms with van der Waals surface area (Å²) in [6.07, 6.45) is -0.193. The van der Waals surface area contributed by atoms with Crippen molar-refractivity contribution in [2.75, 3.05) is 19.0 Å². The minimum atomic E-state index is -0.954. The van der Waals surface area contributed by atoms with Gasteiger partial charge < -0.3 is 15.2 Å². The number of methoxy groups -OCH3 is 1. The molecule has 0 aliphatic heterocycles. The van der Waals surface area contributed by atoms with Gasteiger partial charge in [-0.1, -0.05) is 41.8 Å². The topological polar surface area (TPSA) is 71.5 Å². The molecule has 4 aromatic rings. The lowest BCUT2D eigenvalue weighted by molar-refractivity contribution is 0.0702. The summed E-state index contributed by atoms with van der Waals surface area (Å²) in [5.41, 5.74) is 8.35. The summed E-state index contributed by atoms with van der Waals surface area (Å²) >= 11 is 2.76. The first-order chi connectivity index (χ1) is 16.4. The summed E-state index contributed by atoms with van der Waals surface area (Å²) in [5, 5.41) is 15.0. The zero-order valence-corrected chi connectivity index (χ0v) is 20.7. The van der Waals surface area contributed by atoms with Gasteiger partial charge in [0.25, 0.3) is 0 Å². The van der Waals surface area contributed by atoms with Crippen LogP contribution in [0.3, 0.4) is 0 Å². The van der Waals surface area contributed by atoms with E-state index in [0.717, 1.165) is 32.8 Å². The summed E-state index contributed by atoms with van der Waals surface area (Å²) in [7, 11) is 1.67. The zero-order chi connectivity index (χ0) is 24.1. The van der Waals surface area contributed by atoms with E-state index in [1.165, 1.54) is 28.2 Å². The number of carboxylic acids is 1. The number of thiazole rings is 1. The van der Waals surface area contributed by atoms with Gasteiger partial charge in [-0.05, 0) is 54.7 Å². The lowest BCUT2D eigenvalue weighted by atomic mass is 10.0. The molecule has 1 unspecified atom stereocenters. The van der Waals surface area contributed by atoms with Gasteiger partial charge in [-0.2, -0.15) is 0 Å². The Kier molecular flexibility index (Phi) is 7.43. The lowest BCUT2D eigenvalue weighted by Crippen LogP contribution is -2.16. The highest BCUT2D eigenvalue weighted by atomic mass is 32.1. The highest BCUT2D eigenvalue weighted by molar-refractivity contribution is 7.18. The van der Waals surface area contributed by atoms with Crippen molar-refractivity contribution in [3.63, 3.8) is 0 Å². The molecule has 4 rings (SSSR count). The molecule has 2 aromatic heterocycles. The average molecular weight is 489 g/mol. The monoisotopic (exact) mass is 488 g/mol. The third-order valence-electron chi connectivity index (χ3n) is 5.40. The summed E-state index contributed by atoms with van der Waals surface area (Å²) in [4.78, 5) is 17.2. The first-order valence-corrected chi connectivity index (χ1v) is 12.4. The summed E-state index contributed by atoms with van der Waals surface area (Å²) in [6.45, 7) is 4.58. The molecule has 0 aliphatic carbocycles. The predicted molar refractivity (Wildman–Crippen MR) is 139 cm³/mol. The Morgan fingerprint density at radius 2 is 1.94 bits per heavy atom. The molecule has 5 nitrogen and oxygen atoms in total. The maximum Gasteiger partial charge on any atom is 0.348 e. The van der Waals surface area contributed by atoms with Crippen molar-refractivity contribution < 1.29 is 14.6 Å². The fourth-order valence-electron chi connectivity index (χ4n) is 3.66. The molecule has 0 saturated heterocycles. The van der Waals surface area contributed by atoms with Crippen molar-refractivity contribution in [1.29, 1.82) is 0 Å². The highest BCUT2D eigenvalue weighted by Gasteiger charge is 2.19. The van der Waals surface area contributed by atoms with Crippen LogP contribution in [-0.4, -0.2) is 29.7 Å². The standard InChI is InChI=1S/C27H24N2O3S2/c1-17-4-11-22(18(2)12-17)24(32-3)14-28-23-13-25(34-26(23)27(30)31)20-8-5-19(6-9-20)7-10-21-15-33-16-29-21/h4-6,8-9,11-13,15-16,24,28H,14H2,1-3H3,(H,30,31). The molecule has 2 heterocycles. The third kappa shape index (κ3) is 5.54. The van der Waals surface area contributed by atoms with E-state index >= 15 is 0 Å². The molecule has 7 heteroatoms. The van der Waals surface area contributed by atoms with Crippen molar-refractivity contribution in [1.82, 2.24) is 4.98 Å². The van der Waals surface area contributed by atoms with E-state index in [-0.39, 0.29) is 11.0 Å². The minimum absolute atomic E-state index is 0.193. The fourth-order valence-corrected chi connectivity index (χ4v) is 5.12. The molecular weight excluding hydrogens is 464 g/mol. The van der Waals surface area contributed by atoms with Gasteiger partial charge in [0, 0.05) is 29.5 Å². The number of benzene rings is 2. The summed E-state index contributed by atoms with van der Waals surface area (Å²) in [5.74, 6) is 5.18. The van der Waals surface area contributed by atoms with Gasteiger partial charge in [-0.3, -0.25) is 0 Å². The van der Waals surface area contributed by atoms with Gasteiger partial charge >= 0.3 is 5.97 Å². The van der Waals surface area contributed by atoms with E-state index in [4.69, 9.17) is 4.74 Å². The molecule has 0 bridgehead atoms. The van der Waals surface area contributed by atoms with Crippen LogP contribution in [0.25, 0.3) is 10.4 Å². The number of nitrogens with one attached hydrogen (secondary N) is 1. The third-order valence-corrected chi connectivity index (χ3v) is 7.16. The Morgan fingerprint density at radius 3 is 2.59 bits per heavy atom. The molecule has 34 heavy (non-hydrogen) atoms. The van der Waals surface area contributed by atoms with Gasteiger partial charge in [0.15, 0.2) is 0 Å². The number of anilines is 1. The maximum absolute atomic E-state index is 11.9. The molecule has 2 aromatic carbocycles. The van der Waals surface area contributed by atoms with Gasteiger partial charge in [0.2, 0.25) is 0 Å². The van der Waals surface area contributed by atoms with Crippen LogP contribution >= 0.6 is 22.7 Å². The van der Waals surface area contributed by atoms with Crippen molar-refractivity contribution in [2.24, 2.45) is 0 Å². The van der Waals surface area contributed by atoms with Crippen LogP contribution in [0, 0.1) is 25.7 Å². The van der Waals surface area contributed by atoms with Crippen molar-refractivity contribution in [3.05, 3.63) is 92.2 Å². The van der Waals surface area contributed by atoms with Gasteiger partial charge in [0.05, 0.1) is 17.3 Å². The van der Waals surface area contributed by atoms with E-state index in [1.54, 1.807) is 12.6 Å². The number of ether oxygens (including phenoxy) is 1. The molecule has 0 aliphatic rings. The Morgan fingerprint density at radius 1 is 1.15 bits per heavy atom. The number of nitrogens with zero attached hydrogens (tertiary/aromatic N) is 1. The number of hydrogen-bond acceptors (Lipinski definition) is 6. The van der Waals surface area contributed by atoms with E-state index in [0.29, 0.717) is 12.2 Å². The quantitative estimate of drug-likeness (QED) is 0.295. The Labute approximate surface area is 207 Å². The molecular formula is C27H24N2O3S2. The van der Waals surface area contributed by atoms with Crippen LogP contribution in [0.2, 0.25) is 0 Å². The molecule has 2 N–H and O–H groups in total. The molecule has 0 saturated carbocycles. The number of thiophene rings is 1.